The van der Waals surface area contributed by atoms with Gasteiger partial charge in [0.2, 0.25) is 11.2 Å². The molecule has 19 heteroatoms. The molecular weight excluding hydrogens is 713 g/mol. The van der Waals surface area contributed by atoms with Crippen LogP contribution in [0.15, 0.2) is 18.5 Å². The molecule has 2 unspecified atom stereocenters. The normalized spacial score (nSPS) is 27.5. The molecule has 0 radical (unpaired) electrons. The fourth-order valence-electron chi connectivity index (χ4n) is 7.06. The Balaban J connectivity index is 1.49. The summed E-state index contributed by atoms with van der Waals surface area (Å²) in [5, 5.41) is 20.2. The lowest BCUT2D eigenvalue weighted by atomic mass is 9.98. The van der Waals surface area contributed by atoms with Crippen molar-refractivity contribution in [3.8, 4) is 6.07 Å². The predicted molar refractivity (Wildman–Crippen MR) is 185 cm³/mol. The molecule has 8 atom stereocenters. The van der Waals surface area contributed by atoms with Crippen LogP contribution >= 0.6 is 7.67 Å². The summed E-state index contributed by atoms with van der Waals surface area (Å²) in [6, 6.07) is 2.64. The molecule has 1 saturated heterocycles. The number of nitrogens with two attached hydrogens (primary N) is 1. The van der Waals surface area contributed by atoms with Gasteiger partial charge in [0, 0.05) is 13.8 Å². The predicted octanol–water partition coefficient (Wildman–Crippen LogP) is 3.20. The molecule has 3 fully saturated rings. The van der Waals surface area contributed by atoms with Crippen molar-refractivity contribution in [2.45, 2.75) is 134 Å². The number of nitriles is 1. The van der Waals surface area contributed by atoms with Crippen LogP contribution in [0.4, 0.5) is 5.82 Å². The molecule has 5 rings (SSSR count). The van der Waals surface area contributed by atoms with Gasteiger partial charge < -0.3 is 29.4 Å². The lowest BCUT2D eigenvalue weighted by Crippen LogP contribution is -2.45. The van der Waals surface area contributed by atoms with Crippen molar-refractivity contribution in [1.29, 1.82) is 5.26 Å². The maximum atomic E-state index is 14.9. The first-order valence-corrected chi connectivity index (χ1v) is 19.5. The van der Waals surface area contributed by atoms with Crippen LogP contribution in [0.25, 0.3) is 5.52 Å². The maximum absolute atomic E-state index is 14.9. The highest BCUT2D eigenvalue weighted by Gasteiger charge is 2.95. The zero-order valence-corrected chi connectivity index (χ0v) is 31.6. The Morgan fingerprint density at radius 2 is 1.72 bits per heavy atom. The molecule has 3 aliphatic rings. The number of nitrogens with zero attached hydrogens (tertiary/aromatic N) is 4. The van der Waals surface area contributed by atoms with Gasteiger partial charge in [-0.1, -0.05) is 33.1 Å². The van der Waals surface area contributed by atoms with Gasteiger partial charge >= 0.3 is 31.5 Å². The van der Waals surface area contributed by atoms with Gasteiger partial charge in [-0.15, -0.1) is 0 Å². The highest BCUT2D eigenvalue weighted by atomic mass is 31.2. The summed E-state index contributed by atoms with van der Waals surface area (Å²) in [6.45, 7) is 9.06. The third kappa shape index (κ3) is 7.90. The van der Waals surface area contributed by atoms with E-state index in [1.807, 2.05) is 19.9 Å². The van der Waals surface area contributed by atoms with Crippen molar-refractivity contribution in [1.82, 2.24) is 24.8 Å². The lowest BCUT2D eigenvalue weighted by molar-refractivity contribution is -0.174. The van der Waals surface area contributed by atoms with Crippen LogP contribution in [0.2, 0.25) is 0 Å². The average molecular weight is 762 g/mol. The molecule has 0 bridgehead atoms. The van der Waals surface area contributed by atoms with Crippen LogP contribution in [0.1, 0.15) is 98.3 Å². The summed E-state index contributed by atoms with van der Waals surface area (Å²) >= 11 is 0. The summed E-state index contributed by atoms with van der Waals surface area (Å²) in [7, 11) is -4.64. The number of carbonyl (C=O) groups is 4. The third-order valence-corrected chi connectivity index (χ3v) is 11.9. The summed E-state index contributed by atoms with van der Waals surface area (Å²) < 4.78 is 51.4. The lowest BCUT2D eigenvalue weighted by Gasteiger charge is -2.31. The van der Waals surface area contributed by atoms with E-state index in [9.17, 15) is 29.0 Å². The fraction of sp³-hybridized carbons (Fsp3) is 0.676. The number of hydrogen-bond donors (Lipinski definition) is 3. The molecule has 4 N–H and O–H groups in total. The van der Waals surface area contributed by atoms with Crippen LogP contribution in [0, 0.1) is 17.2 Å². The molecule has 1 aliphatic heterocycles. The van der Waals surface area contributed by atoms with E-state index in [1.165, 1.54) is 24.7 Å². The molecule has 2 aromatic heterocycles. The second-order valence-corrected chi connectivity index (χ2v) is 15.6. The van der Waals surface area contributed by atoms with E-state index < -0.39 is 73.1 Å². The van der Waals surface area contributed by atoms with Gasteiger partial charge in [0.05, 0.1) is 12.3 Å². The second kappa shape index (κ2) is 16.1. The summed E-state index contributed by atoms with van der Waals surface area (Å²) in [4.78, 5) is 55.7. The number of nitrogens with one attached hydrogen (secondary N) is 2. The standard InChI is InChI=1S/C34H48N7O11P/c1-7-23(8-2)16-47-30(44)19(3)39-53(46,40-20(4)31(45)49-24-12-10-9-11-13-24)52-32-33(17-35)34(32,50-22(6)43)28(48-21(5)42)27(51-33)25-14-15-26-29(36)37-18-38-41(25)26/h14-15,18-20,23-24,27-28,32H,7-13,16H2,1-6H3,(H2,36,37,38)(H2,39,40,46)/t19-,20-,27-,28-,32?,33+,34+,53?/m0/s1. The Hall–Kier alpha value is -4.14. The summed E-state index contributed by atoms with van der Waals surface area (Å²) in [6.07, 6.45) is 2.13. The van der Waals surface area contributed by atoms with E-state index in [2.05, 4.69) is 20.3 Å². The maximum Gasteiger partial charge on any atom is 0.342 e. The van der Waals surface area contributed by atoms with Crippen LogP contribution in [0.3, 0.4) is 0 Å². The number of nitrogen functional groups attached to an aromatic ring is 1. The van der Waals surface area contributed by atoms with Crippen molar-refractivity contribution >= 4 is 42.9 Å². The number of rotatable bonds is 16. The minimum Gasteiger partial charge on any atom is -0.464 e. The van der Waals surface area contributed by atoms with Crippen LogP contribution < -0.4 is 15.9 Å². The van der Waals surface area contributed by atoms with E-state index in [0.29, 0.717) is 18.4 Å². The SMILES string of the molecule is CCC(CC)COC(=O)[C@H](C)NP(=O)(N[C@@H](C)C(=O)OC1CCCCC1)OC1[C@@]2(C#N)O[C@@H](c3ccc4c(N)ncnn34)[C@H](OC(C)=O)[C@@]12OC(C)=O. The van der Waals surface area contributed by atoms with Crippen molar-refractivity contribution < 1.29 is 52.0 Å². The summed E-state index contributed by atoms with van der Waals surface area (Å²) in [5.41, 5.74) is 2.27. The minimum atomic E-state index is -4.64. The van der Waals surface area contributed by atoms with Crippen molar-refractivity contribution in [2.75, 3.05) is 12.3 Å². The largest absolute Gasteiger partial charge is 0.464 e. The number of ether oxygens (including phenoxy) is 5. The van der Waals surface area contributed by atoms with Crippen LogP contribution in [-0.4, -0.2) is 86.7 Å². The fourth-order valence-corrected chi connectivity index (χ4v) is 9.08. The van der Waals surface area contributed by atoms with Gasteiger partial charge in [-0.2, -0.15) is 10.4 Å². The average Bonchev–Trinajstić information content (AvgIpc) is 3.35. The topological polar surface area (TPSA) is 245 Å². The van der Waals surface area contributed by atoms with Gasteiger partial charge in [0.15, 0.2) is 18.0 Å². The van der Waals surface area contributed by atoms with E-state index in [1.54, 1.807) is 12.1 Å². The first-order valence-electron chi connectivity index (χ1n) is 17.9. The molecule has 0 spiro atoms. The Morgan fingerprint density at radius 3 is 2.32 bits per heavy atom. The van der Waals surface area contributed by atoms with Gasteiger partial charge in [0.25, 0.3) is 0 Å². The number of hydrogen-bond acceptors (Lipinski definition) is 15. The van der Waals surface area contributed by atoms with Gasteiger partial charge in [-0.05, 0) is 57.6 Å². The molecular formula is C34H48N7O11P. The molecule has 290 valence electrons. The summed E-state index contributed by atoms with van der Waals surface area (Å²) in [5.74, 6) is -2.96. The number of esters is 4. The molecule has 2 saturated carbocycles. The Bertz CT molecular complexity index is 1790. The van der Waals surface area contributed by atoms with Gasteiger partial charge in [-0.3, -0.25) is 28.3 Å². The molecule has 2 aromatic rings. The molecule has 2 aliphatic carbocycles. The van der Waals surface area contributed by atoms with Crippen molar-refractivity contribution in [2.24, 2.45) is 5.92 Å². The number of fused-ring (bicyclic) bond motifs is 2. The number of anilines is 1. The number of aromatic nitrogens is 3. The van der Waals surface area contributed by atoms with Crippen LogP contribution in [0.5, 0.6) is 0 Å². The van der Waals surface area contributed by atoms with E-state index in [4.69, 9.17) is 33.9 Å². The first kappa shape index (κ1) is 40.1. The Kier molecular flexibility index (Phi) is 12.1. The second-order valence-electron chi connectivity index (χ2n) is 13.8. The van der Waals surface area contributed by atoms with Gasteiger partial charge in [0.1, 0.15) is 42.2 Å². The van der Waals surface area contributed by atoms with Crippen molar-refractivity contribution in [3.05, 3.63) is 24.2 Å². The molecule has 0 amide bonds. The van der Waals surface area contributed by atoms with Crippen molar-refractivity contribution in [3.63, 3.8) is 0 Å². The zero-order valence-electron chi connectivity index (χ0n) is 30.7. The monoisotopic (exact) mass is 761 g/mol. The molecule has 53 heavy (non-hydrogen) atoms. The first-order chi connectivity index (χ1) is 25.1. The molecule has 0 aromatic carbocycles. The highest BCUT2D eigenvalue weighted by molar-refractivity contribution is 7.54. The number of carbonyl (C=O) groups excluding carboxylic acids is 4. The molecule has 3 heterocycles. The van der Waals surface area contributed by atoms with Gasteiger partial charge in [-0.25, -0.2) is 19.7 Å². The van der Waals surface area contributed by atoms with Crippen LogP contribution in [-0.2, 0) is 52.0 Å². The smallest absolute Gasteiger partial charge is 0.342 e. The third-order valence-electron chi connectivity index (χ3n) is 9.98. The minimum absolute atomic E-state index is 0.107. The molecule has 18 nitrogen and oxygen atoms in total. The zero-order chi connectivity index (χ0) is 38.7. The van der Waals surface area contributed by atoms with E-state index >= 15 is 0 Å². The Labute approximate surface area is 307 Å². The van der Waals surface area contributed by atoms with E-state index in [-0.39, 0.29) is 30.1 Å². The highest BCUT2D eigenvalue weighted by Crippen LogP contribution is 2.70. The quantitative estimate of drug-likeness (QED) is 0.126. The Morgan fingerprint density at radius 1 is 1.06 bits per heavy atom. The van der Waals surface area contributed by atoms with E-state index in [0.717, 1.165) is 46.0 Å².